The van der Waals surface area contributed by atoms with Crippen molar-refractivity contribution in [2.75, 3.05) is 20.3 Å². The zero-order valence-corrected chi connectivity index (χ0v) is 14.5. The van der Waals surface area contributed by atoms with Crippen molar-refractivity contribution < 1.29 is 9.53 Å². The molecule has 2 amide bonds. The van der Waals surface area contributed by atoms with Crippen LogP contribution in [-0.4, -0.2) is 47.0 Å². The molecule has 1 N–H and O–H groups in total. The second kappa shape index (κ2) is 9.55. The van der Waals surface area contributed by atoms with E-state index in [-0.39, 0.29) is 6.03 Å². The van der Waals surface area contributed by atoms with Gasteiger partial charge in [0.15, 0.2) is 0 Å². The molecule has 6 nitrogen and oxygen atoms in total. The SMILES string of the molecule is COCCN(Cc1cnn(C)c1)C(=O)NC1CCCCCCC1. The monoisotopic (exact) mass is 322 g/mol. The van der Waals surface area contributed by atoms with Crippen LogP contribution in [0.3, 0.4) is 0 Å². The van der Waals surface area contributed by atoms with E-state index in [1.807, 2.05) is 24.3 Å². The number of ether oxygens (including phenoxy) is 1. The standard InChI is InChI=1S/C17H30N4O2/c1-20-13-15(12-18-20)14-21(10-11-23-2)17(22)19-16-8-6-4-3-5-7-9-16/h12-13,16H,3-11,14H2,1-2H3,(H,19,22). The molecular formula is C17H30N4O2. The van der Waals surface area contributed by atoms with Crippen LogP contribution in [0.1, 0.15) is 50.5 Å². The molecule has 1 aromatic rings. The van der Waals surface area contributed by atoms with Gasteiger partial charge in [-0.1, -0.05) is 32.1 Å². The molecule has 130 valence electrons. The summed E-state index contributed by atoms with van der Waals surface area (Å²) < 4.78 is 6.91. The molecule has 0 atom stereocenters. The minimum atomic E-state index is 0.0106. The van der Waals surface area contributed by atoms with Crippen LogP contribution >= 0.6 is 0 Å². The Morgan fingerprint density at radius 3 is 2.65 bits per heavy atom. The molecule has 1 aliphatic rings. The van der Waals surface area contributed by atoms with E-state index < -0.39 is 0 Å². The molecule has 6 heteroatoms. The molecule has 0 aliphatic heterocycles. The molecule has 2 rings (SSSR count). The Balaban J connectivity index is 1.91. The highest BCUT2D eigenvalue weighted by molar-refractivity contribution is 5.74. The van der Waals surface area contributed by atoms with E-state index in [2.05, 4.69) is 10.4 Å². The van der Waals surface area contributed by atoms with Gasteiger partial charge >= 0.3 is 6.03 Å². The first-order chi connectivity index (χ1) is 11.2. The molecular weight excluding hydrogens is 292 g/mol. The maximum atomic E-state index is 12.7. The summed E-state index contributed by atoms with van der Waals surface area (Å²) in [5.41, 5.74) is 1.04. The zero-order chi connectivity index (χ0) is 16.5. The third-order valence-electron chi connectivity index (χ3n) is 4.42. The first-order valence-corrected chi connectivity index (χ1v) is 8.71. The fourth-order valence-electron chi connectivity index (χ4n) is 3.09. The Labute approximate surface area is 139 Å². The number of urea groups is 1. The van der Waals surface area contributed by atoms with Crippen LogP contribution in [0.4, 0.5) is 4.79 Å². The van der Waals surface area contributed by atoms with E-state index in [1.165, 1.54) is 32.1 Å². The number of aromatic nitrogens is 2. The van der Waals surface area contributed by atoms with Crippen LogP contribution < -0.4 is 5.32 Å². The lowest BCUT2D eigenvalue weighted by molar-refractivity contribution is 0.143. The summed E-state index contributed by atoms with van der Waals surface area (Å²) in [6.45, 7) is 1.69. The quantitative estimate of drug-likeness (QED) is 0.876. The van der Waals surface area contributed by atoms with Gasteiger partial charge in [-0.15, -0.1) is 0 Å². The molecule has 0 radical (unpaired) electrons. The van der Waals surface area contributed by atoms with Crippen molar-refractivity contribution >= 4 is 6.03 Å². The number of nitrogens with one attached hydrogen (secondary N) is 1. The van der Waals surface area contributed by atoms with Gasteiger partial charge in [0.2, 0.25) is 0 Å². The third kappa shape index (κ3) is 6.22. The minimum absolute atomic E-state index is 0.0106. The van der Waals surface area contributed by atoms with E-state index in [4.69, 9.17) is 4.74 Å². The number of hydrogen-bond acceptors (Lipinski definition) is 3. The summed E-state index contributed by atoms with van der Waals surface area (Å²) in [4.78, 5) is 14.5. The van der Waals surface area contributed by atoms with Gasteiger partial charge < -0.3 is 15.0 Å². The van der Waals surface area contributed by atoms with Gasteiger partial charge in [0.05, 0.1) is 19.3 Å². The van der Waals surface area contributed by atoms with Crippen molar-refractivity contribution in [3.63, 3.8) is 0 Å². The smallest absolute Gasteiger partial charge is 0.317 e. The highest BCUT2D eigenvalue weighted by Gasteiger charge is 2.19. The maximum Gasteiger partial charge on any atom is 0.317 e. The van der Waals surface area contributed by atoms with Gasteiger partial charge in [0.1, 0.15) is 0 Å². The first-order valence-electron chi connectivity index (χ1n) is 8.71. The topological polar surface area (TPSA) is 59.4 Å². The van der Waals surface area contributed by atoms with Crippen LogP contribution in [0.5, 0.6) is 0 Å². The van der Waals surface area contributed by atoms with Crippen LogP contribution in [-0.2, 0) is 18.3 Å². The molecule has 0 spiro atoms. The summed E-state index contributed by atoms with van der Waals surface area (Å²) in [6.07, 6.45) is 12.3. The van der Waals surface area contributed by atoms with Crippen molar-refractivity contribution in [3.05, 3.63) is 18.0 Å². The summed E-state index contributed by atoms with van der Waals surface area (Å²) in [5.74, 6) is 0. The molecule has 0 bridgehead atoms. The normalized spacial score (nSPS) is 16.6. The van der Waals surface area contributed by atoms with E-state index >= 15 is 0 Å². The molecule has 1 aromatic heterocycles. The predicted molar refractivity (Wildman–Crippen MR) is 90.1 cm³/mol. The maximum absolute atomic E-state index is 12.7. The van der Waals surface area contributed by atoms with Crippen LogP contribution in [0.15, 0.2) is 12.4 Å². The second-order valence-corrected chi connectivity index (χ2v) is 6.43. The molecule has 1 saturated carbocycles. The van der Waals surface area contributed by atoms with E-state index in [1.54, 1.807) is 11.8 Å². The molecule has 23 heavy (non-hydrogen) atoms. The van der Waals surface area contributed by atoms with Gasteiger partial charge in [-0.3, -0.25) is 4.68 Å². The first kappa shape index (κ1) is 17.8. The number of carbonyl (C=O) groups excluding carboxylic acids is 1. The second-order valence-electron chi connectivity index (χ2n) is 6.43. The number of amides is 2. The number of methoxy groups -OCH3 is 1. The zero-order valence-electron chi connectivity index (χ0n) is 14.5. The van der Waals surface area contributed by atoms with Gasteiger partial charge in [-0.25, -0.2) is 4.79 Å². The van der Waals surface area contributed by atoms with Gasteiger partial charge in [-0.2, -0.15) is 5.10 Å². The predicted octanol–water partition coefficient (Wildman–Crippen LogP) is 2.69. The summed E-state index contributed by atoms with van der Waals surface area (Å²) in [6, 6.07) is 0.318. The highest BCUT2D eigenvalue weighted by Crippen LogP contribution is 2.17. The molecule has 1 fully saturated rings. The molecule has 0 unspecified atom stereocenters. The van der Waals surface area contributed by atoms with Crippen molar-refractivity contribution in [2.45, 2.75) is 57.5 Å². The van der Waals surface area contributed by atoms with Crippen LogP contribution in [0.2, 0.25) is 0 Å². The fraction of sp³-hybridized carbons (Fsp3) is 0.765. The van der Waals surface area contributed by atoms with E-state index in [9.17, 15) is 4.79 Å². The van der Waals surface area contributed by atoms with Crippen molar-refractivity contribution in [3.8, 4) is 0 Å². The molecule has 0 saturated heterocycles. The Morgan fingerprint density at radius 1 is 1.35 bits per heavy atom. The number of aryl methyl sites for hydroxylation is 1. The fourth-order valence-corrected chi connectivity index (χ4v) is 3.09. The molecule has 1 heterocycles. The average molecular weight is 322 g/mol. The Kier molecular flexibility index (Phi) is 7.39. The van der Waals surface area contributed by atoms with Crippen LogP contribution in [0, 0.1) is 0 Å². The lowest BCUT2D eigenvalue weighted by Crippen LogP contribution is -2.45. The number of rotatable bonds is 6. The van der Waals surface area contributed by atoms with Crippen LogP contribution in [0.25, 0.3) is 0 Å². The number of carbonyl (C=O) groups is 1. The Hall–Kier alpha value is -1.56. The van der Waals surface area contributed by atoms with Crippen molar-refractivity contribution in [2.24, 2.45) is 7.05 Å². The Morgan fingerprint density at radius 2 is 2.04 bits per heavy atom. The number of hydrogen-bond donors (Lipinski definition) is 1. The van der Waals surface area contributed by atoms with Crippen molar-refractivity contribution in [1.82, 2.24) is 20.0 Å². The number of nitrogens with zero attached hydrogens (tertiary/aromatic N) is 3. The van der Waals surface area contributed by atoms with Gasteiger partial charge in [-0.05, 0) is 12.8 Å². The summed E-state index contributed by atoms with van der Waals surface area (Å²) in [5, 5.41) is 7.40. The Bertz CT molecular complexity index is 467. The lowest BCUT2D eigenvalue weighted by Gasteiger charge is -2.27. The largest absolute Gasteiger partial charge is 0.383 e. The molecule has 1 aliphatic carbocycles. The lowest BCUT2D eigenvalue weighted by atomic mass is 9.97. The van der Waals surface area contributed by atoms with E-state index in [0.29, 0.717) is 25.7 Å². The minimum Gasteiger partial charge on any atom is -0.383 e. The average Bonchev–Trinajstić information content (AvgIpc) is 2.91. The van der Waals surface area contributed by atoms with Gasteiger partial charge in [0, 0.05) is 38.5 Å². The third-order valence-corrected chi connectivity index (χ3v) is 4.42. The van der Waals surface area contributed by atoms with E-state index in [0.717, 1.165) is 18.4 Å². The van der Waals surface area contributed by atoms with Gasteiger partial charge in [0.25, 0.3) is 0 Å². The summed E-state index contributed by atoms with van der Waals surface area (Å²) in [7, 11) is 3.55. The van der Waals surface area contributed by atoms with Crippen molar-refractivity contribution in [1.29, 1.82) is 0 Å². The summed E-state index contributed by atoms with van der Waals surface area (Å²) >= 11 is 0. The molecule has 0 aromatic carbocycles. The highest BCUT2D eigenvalue weighted by atomic mass is 16.5.